The van der Waals surface area contributed by atoms with E-state index < -0.39 is 0 Å². The molecule has 0 atom stereocenters. The maximum absolute atomic E-state index is 5.13. The van der Waals surface area contributed by atoms with Gasteiger partial charge in [0.1, 0.15) is 5.52 Å². The highest BCUT2D eigenvalue weighted by molar-refractivity contribution is 6.15. The monoisotopic (exact) mass is 411 g/mol. The fourth-order valence-corrected chi connectivity index (χ4v) is 5.33. The summed E-state index contributed by atoms with van der Waals surface area (Å²) in [6.07, 6.45) is 7.63. The van der Waals surface area contributed by atoms with E-state index in [2.05, 4.69) is 41.0 Å². The van der Waals surface area contributed by atoms with E-state index in [0.717, 1.165) is 59.5 Å². The first-order chi connectivity index (χ1) is 15.3. The Morgan fingerprint density at radius 3 is 1.90 bits per heavy atom. The molecule has 5 heteroatoms. The summed E-state index contributed by atoms with van der Waals surface area (Å²) in [7, 11) is 0. The number of nitrogens with zero attached hydrogens (tertiary/aromatic N) is 5. The number of piperidine rings is 2. The Hall–Kier alpha value is -2.95. The average Bonchev–Trinajstić information content (AvgIpc) is 2.83. The van der Waals surface area contributed by atoms with Crippen molar-refractivity contribution in [3.05, 3.63) is 42.1 Å². The molecule has 31 heavy (non-hydrogen) atoms. The van der Waals surface area contributed by atoms with Crippen LogP contribution < -0.4 is 9.80 Å². The van der Waals surface area contributed by atoms with Crippen LogP contribution in [0.3, 0.4) is 0 Å². The first-order valence-electron chi connectivity index (χ1n) is 11.8. The van der Waals surface area contributed by atoms with Crippen LogP contribution in [0.1, 0.15) is 44.2 Å². The van der Waals surface area contributed by atoms with Crippen molar-refractivity contribution >= 4 is 44.3 Å². The van der Waals surface area contributed by atoms with Gasteiger partial charge in [-0.05, 0) is 69.7 Å². The van der Waals surface area contributed by atoms with Gasteiger partial charge in [-0.15, -0.1) is 0 Å². The molecule has 0 spiro atoms. The topological polar surface area (TPSA) is 45.2 Å². The molecule has 0 unspecified atom stereocenters. The minimum absolute atomic E-state index is 0.951. The van der Waals surface area contributed by atoms with Crippen LogP contribution in [0.15, 0.2) is 36.4 Å². The lowest BCUT2D eigenvalue weighted by Gasteiger charge is -2.32. The van der Waals surface area contributed by atoms with Gasteiger partial charge in [-0.1, -0.05) is 12.1 Å². The number of pyridine rings is 1. The smallest absolute Gasteiger partial charge is 0.101 e. The van der Waals surface area contributed by atoms with Gasteiger partial charge in [-0.25, -0.2) is 9.97 Å². The third kappa shape index (κ3) is 3.27. The average molecular weight is 412 g/mol. The molecule has 0 radical (unpaired) electrons. The van der Waals surface area contributed by atoms with E-state index in [1.807, 2.05) is 12.1 Å². The van der Waals surface area contributed by atoms with Gasteiger partial charge in [0.15, 0.2) is 0 Å². The predicted octanol–water partition coefficient (Wildman–Crippen LogP) is 5.62. The number of benzene rings is 2. The quantitative estimate of drug-likeness (QED) is 0.316. The Morgan fingerprint density at radius 1 is 0.613 bits per heavy atom. The second-order valence-electron chi connectivity index (χ2n) is 9.08. The van der Waals surface area contributed by atoms with Gasteiger partial charge in [-0.3, -0.25) is 4.98 Å². The molecule has 158 valence electrons. The zero-order chi connectivity index (χ0) is 20.8. The fourth-order valence-electron chi connectivity index (χ4n) is 5.33. The summed E-state index contributed by atoms with van der Waals surface area (Å²) in [4.78, 5) is 20.4. The summed E-state index contributed by atoms with van der Waals surface area (Å²) in [6, 6.07) is 12.7. The highest BCUT2D eigenvalue weighted by atomic mass is 15.2. The summed E-state index contributed by atoms with van der Waals surface area (Å²) in [6.45, 7) is 6.53. The van der Waals surface area contributed by atoms with E-state index >= 15 is 0 Å². The Morgan fingerprint density at radius 2 is 1.23 bits per heavy atom. The molecule has 0 amide bonds. The lowest BCUT2D eigenvalue weighted by molar-refractivity contribution is 0.577. The van der Waals surface area contributed by atoms with Gasteiger partial charge in [0, 0.05) is 31.9 Å². The van der Waals surface area contributed by atoms with E-state index in [9.17, 15) is 0 Å². The first kappa shape index (κ1) is 18.8. The predicted molar refractivity (Wildman–Crippen MR) is 129 cm³/mol. The van der Waals surface area contributed by atoms with Crippen LogP contribution in [0.2, 0.25) is 0 Å². The highest BCUT2D eigenvalue weighted by Gasteiger charge is 2.23. The molecule has 2 aliphatic heterocycles. The van der Waals surface area contributed by atoms with Crippen molar-refractivity contribution in [3.63, 3.8) is 0 Å². The van der Waals surface area contributed by atoms with Crippen molar-refractivity contribution in [2.24, 2.45) is 0 Å². The molecule has 2 saturated heterocycles. The van der Waals surface area contributed by atoms with Crippen molar-refractivity contribution in [1.82, 2.24) is 15.0 Å². The van der Waals surface area contributed by atoms with Gasteiger partial charge in [0.25, 0.3) is 0 Å². The number of rotatable bonds is 2. The molecule has 0 saturated carbocycles. The van der Waals surface area contributed by atoms with Gasteiger partial charge < -0.3 is 9.80 Å². The Labute approximate surface area is 183 Å². The number of anilines is 2. The van der Waals surface area contributed by atoms with E-state index in [1.54, 1.807) is 0 Å². The molecule has 2 fully saturated rings. The van der Waals surface area contributed by atoms with Crippen LogP contribution in [-0.4, -0.2) is 41.1 Å². The molecule has 4 aromatic rings. The number of para-hydroxylation sites is 2. The van der Waals surface area contributed by atoms with E-state index in [0.29, 0.717) is 0 Å². The van der Waals surface area contributed by atoms with E-state index in [4.69, 9.17) is 15.0 Å². The van der Waals surface area contributed by atoms with Crippen molar-refractivity contribution in [2.45, 2.75) is 45.4 Å². The molecular weight excluding hydrogens is 382 g/mol. The molecule has 0 bridgehead atoms. The van der Waals surface area contributed by atoms with Crippen molar-refractivity contribution in [2.75, 3.05) is 36.0 Å². The molecule has 2 aromatic heterocycles. The second-order valence-corrected chi connectivity index (χ2v) is 9.08. The number of fused-ring (bicyclic) bond motifs is 4. The summed E-state index contributed by atoms with van der Waals surface area (Å²) in [5.74, 6) is 0. The lowest BCUT2D eigenvalue weighted by Crippen LogP contribution is -2.31. The fraction of sp³-hybridized carbons (Fsp3) is 0.423. The van der Waals surface area contributed by atoms with Crippen LogP contribution in [0, 0.1) is 6.92 Å². The standard InChI is InChI=1S/C26H29N5/c1-18-16-22(30-12-6-2-7-13-30)24-25-21(28-19-10-4-5-11-20(19)29-25)17-23(26(24)27-18)31-14-8-3-9-15-31/h4-5,10-11,16-17H,2-3,6-9,12-15H2,1H3. The zero-order valence-corrected chi connectivity index (χ0v) is 18.3. The number of aryl methyl sites for hydroxylation is 1. The van der Waals surface area contributed by atoms with E-state index in [-0.39, 0.29) is 0 Å². The largest absolute Gasteiger partial charge is 0.371 e. The molecule has 2 aromatic carbocycles. The van der Waals surface area contributed by atoms with Crippen LogP contribution in [0.25, 0.3) is 33.0 Å². The van der Waals surface area contributed by atoms with Crippen molar-refractivity contribution < 1.29 is 0 Å². The Kier molecular flexibility index (Phi) is 4.62. The highest BCUT2D eigenvalue weighted by Crippen LogP contribution is 2.39. The Balaban J connectivity index is 1.71. The van der Waals surface area contributed by atoms with Gasteiger partial charge in [0.2, 0.25) is 0 Å². The van der Waals surface area contributed by atoms with Crippen LogP contribution in [0.4, 0.5) is 11.4 Å². The van der Waals surface area contributed by atoms with Crippen molar-refractivity contribution in [3.8, 4) is 0 Å². The molecular formula is C26H29N5. The molecule has 0 N–H and O–H groups in total. The summed E-state index contributed by atoms with van der Waals surface area (Å²) in [5.41, 5.74) is 8.58. The van der Waals surface area contributed by atoms with Gasteiger partial charge in [0.05, 0.1) is 38.8 Å². The second kappa shape index (κ2) is 7.63. The minimum Gasteiger partial charge on any atom is -0.371 e. The normalized spacial score (nSPS) is 17.7. The third-order valence-electron chi connectivity index (χ3n) is 6.87. The minimum atomic E-state index is 0.951. The Bertz CT molecular complexity index is 1270. The third-order valence-corrected chi connectivity index (χ3v) is 6.87. The maximum Gasteiger partial charge on any atom is 0.101 e. The molecule has 5 nitrogen and oxygen atoms in total. The zero-order valence-electron chi connectivity index (χ0n) is 18.3. The maximum atomic E-state index is 5.13. The van der Waals surface area contributed by atoms with Gasteiger partial charge >= 0.3 is 0 Å². The van der Waals surface area contributed by atoms with Gasteiger partial charge in [-0.2, -0.15) is 0 Å². The first-order valence-corrected chi connectivity index (χ1v) is 11.8. The summed E-state index contributed by atoms with van der Waals surface area (Å²) >= 11 is 0. The number of aromatic nitrogens is 3. The van der Waals surface area contributed by atoms with E-state index in [1.165, 1.54) is 55.3 Å². The summed E-state index contributed by atoms with van der Waals surface area (Å²) < 4.78 is 0. The van der Waals surface area contributed by atoms with Crippen LogP contribution in [-0.2, 0) is 0 Å². The van der Waals surface area contributed by atoms with Crippen molar-refractivity contribution in [1.29, 1.82) is 0 Å². The molecule has 2 aliphatic rings. The van der Waals surface area contributed by atoms with Crippen LogP contribution >= 0.6 is 0 Å². The molecule has 4 heterocycles. The number of hydrogen-bond donors (Lipinski definition) is 0. The SMILES string of the molecule is Cc1cc(N2CCCCC2)c2c(n1)c(N1CCCCC1)cc1nc3ccccc3nc12. The summed E-state index contributed by atoms with van der Waals surface area (Å²) in [5, 5.41) is 1.18. The van der Waals surface area contributed by atoms with Crippen LogP contribution in [0.5, 0.6) is 0 Å². The number of hydrogen-bond acceptors (Lipinski definition) is 5. The molecule has 6 rings (SSSR count). The molecule has 0 aliphatic carbocycles. The lowest BCUT2D eigenvalue weighted by atomic mass is 10.0.